The fourth-order valence-corrected chi connectivity index (χ4v) is 5.32. The Morgan fingerprint density at radius 2 is 1.88 bits per heavy atom. The van der Waals surface area contributed by atoms with E-state index in [-0.39, 0.29) is 34.0 Å². The van der Waals surface area contributed by atoms with Crippen molar-refractivity contribution in [3.63, 3.8) is 0 Å². The predicted octanol–water partition coefficient (Wildman–Crippen LogP) is 1.62. The third kappa shape index (κ3) is 4.31. The van der Waals surface area contributed by atoms with E-state index in [9.17, 15) is 32.1 Å². The Labute approximate surface area is 187 Å². The molecule has 1 aromatic carbocycles. The van der Waals surface area contributed by atoms with E-state index in [0.717, 1.165) is 28.9 Å². The van der Waals surface area contributed by atoms with Crippen LogP contribution in [0, 0.1) is 0 Å². The molecule has 4 rings (SSSR count). The number of hydrogen-bond acceptors (Lipinski definition) is 6. The highest BCUT2D eigenvalue weighted by Crippen LogP contribution is 2.37. The number of carbonyl (C=O) groups is 1. The van der Waals surface area contributed by atoms with Crippen LogP contribution in [0.25, 0.3) is 16.9 Å². The van der Waals surface area contributed by atoms with Gasteiger partial charge in [0.05, 0.1) is 35.0 Å². The molecule has 3 aromatic rings. The van der Waals surface area contributed by atoms with Gasteiger partial charge in [-0.3, -0.25) is 18.8 Å². The average molecular weight is 478 g/mol. The number of halogens is 3. The van der Waals surface area contributed by atoms with E-state index in [1.54, 1.807) is 0 Å². The Morgan fingerprint density at radius 3 is 2.39 bits per heavy atom. The second-order valence-electron chi connectivity index (χ2n) is 7.45. The summed E-state index contributed by atoms with van der Waals surface area (Å²) in [6, 6.07) is 7.01. The van der Waals surface area contributed by atoms with Gasteiger partial charge in [0.1, 0.15) is 5.56 Å². The standard InChI is InChI=1S/C21H17F3N4O4S/c22-21(23,24)12-5-3-11(4-6-12)18-16(14-9-33(32)10-15(14)29)17(19(25)30)20(31)28(27-18)13-2-1-7-26-8-13/h1-8,14-15,29H,9-10H2,(H2,25,30)/t14-,15+,33+/m1/s1. The van der Waals surface area contributed by atoms with Crippen LogP contribution in [0.1, 0.15) is 27.4 Å². The zero-order valence-corrected chi connectivity index (χ0v) is 17.6. The molecule has 0 bridgehead atoms. The molecule has 1 saturated heterocycles. The van der Waals surface area contributed by atoms with Crippen molar-refractivity contribution >= 4 is 16.7 Å². The molecule has 0 saturated carbocycles. The van der Waals surface area contributed by atoms with Crippen molar-refractivity contribution in [3.05, 3.63) is 75.8 Å². The highest BCUT2D eigenvalue weighted by atomic mass is 32.2. The lowest BCUT2D eigenvalue weighted by molar-refractivity contribution is -0.137. The summed E-state index contributed by atoms with van der Waals surface area (Å²) in [5, 5.41) is 14.8. The Bertz CT molecular complexity index is 1290. The molecule has 172 valence electrons. The lowest BCUT2D eigenvalue weighted by atomic mass is 9.88. The second kappa shape index (κ2) is 8.52. The molecule has 1 aliphatic heterocycles. The SMILES string of the molecule is NC(=O)c1c([C@@H]2C[S@](=O)C[C@@H]2O)c(-c2ccc(C(F)(F)F)cc2)nn(-c2cccnc2)c1=O. The highest BCUT2D eigenvalue weighted by molar-refractivity contribution is 7.85. The van der Waals surface area contributed by atoms with E-state index in [1.165, 1.54) is 24.5 Å². The van der Waals surface area contributed by atoms with Gasteiger partial charge in [-0.25, -0.2) is 0 Å². The predicted molar refractivity (Wildman–Crippen MR) is 113 cm³/mol. The summed E-state index contributed by atoms with van der Waals surface area (Å²) in [4.78, 5) is 29.5. The molecule has 0 unspecified atom stereocenters. The molecule has 2 aromatic heterocycles. The molecule has 1 fully saturated rings. The minimum Gasteiger partial charge on any atom is -0.391 e. The van der Waals surface area contributed by atoms with Gasteiger partial charge in [0, 0.05) is 39.8 Å². The van der Waals surface area contributed by atoms with E-state index in [0.29, 0.717) is 0 Å². The van der Waals surface area contributed by atoms with Crippen LogP contribution in [0.3, 0.4) is 0 Å². The fraction of sp³-hybridized carbons (Fsp3) is 0.238. The van der Waals surface area contributed by atoms with Gasteiger partial charge in [0.15, 0.2) is 0 Å². The van der Waals surface area contributed by atoms with Gasteiger partial charge in [-0.2, -0.15) is 23.0 Å². The summed E-state index contributed by atoms with van der Waals surface area (Å²) < 4.78 is 52.1. The smallest absolute Gasteiger partial charge is 0.391 e. The minimum absolute atomic E-state index is 0.0241. The molecule has 0 aliphatic carbocycles. The summed E-state index contributed by atoms with van der Waals surface area (Å²) in [6.45, 7) is 0. The number of pyridine rings is 1. The Morgan fingerprint density at radius 1 is 1.18 bits per heavy atom. The topological polar surface area (TPSA) is 128 Å². The van der Waals surface area contributed by atoms with Crippen molar-refractivity contribution < 1.29 is 27.3 Å². The molecular formula is C21H17F3N4O4S. The van der Waals surface area contributed by atoms with Crippen LogP contribution in [-0.4, -0.2) is 47.6 Å². The molecule has 3 atom stereocenters. The first-order chi connectivity index (χ1) is 15.6. The largest absolute Gasteiger partial charge is 0.416 e. The lowest BCUT2D eigenvalue weighted by Gasteiger charge is -2.21. The zero-order valence-electron chi connectivity index (χ0n) is 16.8. The number of aliphatic hydroxyl groups excluding tert-OH is 1. The monoisotopic (exact) mass is 478 g/mol. The van der Waals surface area contributed by atoms with Crippen LogP contribution in [0.5, 0.6) is 0 Å². The van der Waals surface area contributed by atoms with E-state index in [2.05, 4.69) is 10.1 Å². The van der Waals surface area contributed by atoms with E-state index in [4.69, 9.17) is 5.73 Å². The minimum atomic E-state index is -4.57. The normalized spacial score (nSPS) is 20.7. The van der Waals surface area contributed by atoms with Crippen LogP contribution < -0.4 is 11.3 Å². The number of nitrogens with two attached hydrogens (primary N) is 1. The zero-order chi connectivity index (χ0) is 23.9. The number of alkyl halides is 3. The van der Waals surface area contributed by atoms with Gasteiger partial charge < -0.3 is 10.8 Å². The van der Waals surface area contributed by atoms with Gasteiger partial charge in [-0.05, 0) is 24.3 Å². The maximum absolute atomic E-state index is 13.2. The molecule has 12 heteroatoms. The third-order valence-corrected chi connectivity index (χ3v) is 6.75. The average Bonchev–Trinajstić information content (AvgIpc) is 3.10. The van der Waals surface area contributed by atoms with Crippen molar-refractivity contribution in [2.45, 2.75) is 18.2 Å². The van der Waals surface area contributed by atoms with E-state index < -0.39 is 51.6 Å². The number of nitrogens with zero attached hydrogens (tertiary/aromatic N) is 3. The number of primary amides is 1. The Balaban J connectivity index is 2.04. The van der Waals surface area contributed by atoms with Crippen molar-refractivity contribution in [2.75, 3.05) is 11.5 Å². The molecule has 33 heavy (non-hydrogen) atoms. The molecule has 1 aliphatic rings. The first-order valence-electron chi connectivity index (χ1n) is 9.66. The van der Waals surface area contributed by atoms with Gasteiger partial charge in [-0.1, -0.05) is 12.1 Å². The van der Waals surface area contributed by atoms with Crippen LogP contribution in [-0.2, 0) is 17.0 Å². The number of hydrogen-bond donors (Lipinski definition) is 2. The maximum atomic E-state index is 13.2. The van der Waals surface area contributed by atoms with E-state index in [1.807, 2.05) is 0 Å². The molecule has 8 nitrogen and oxygen atoms in total. The van der Waals surface area contributed by atoms with Crippen LogP contribution in [0.2, 0.25) is 0 Å². The Hall–Kier alpha value is -3.38. The first-order valence-corrected chi connectivity index (χ1v) is 11.1. The molecule has 0 spiro atoms. The lowest BCUT2D eigenvalue weighted by Crippen LogP contribution is -2.35. The Kier molecular flexibility index (Phi) is 5.89. The number of amides is 1. The summed E-state index contributed by atoms with van der Waals surface area (Å²) in [5.41, 5.74) is 3.57. The fourth-order valence-electron chi connectivity index (χ4n) is 3.78. The van der Waals surface area contributed by atoms with Gasteiger partial charge in [-0.15, -0.1) is 0 Å². The second-order valence-corrected chi connectivity index (χ2v) is 9.00. The molecule has 3 N–H and O–H groups in total. The molecule has 1 amide bonds. The summed E-state index contributed by atoms with van der Waals surface area (Å²) in [5.74, 6) is -2.17. The number of aliphatic hydroxyl groups is 1. The van der Waals surface area contributed by atoms with Crippen molar-refractivity contribution in [2.24, 2.45) is 5.73 Å². The first kappa shape index (κ1) is 22.8. The summed E-state index contributed by atoms with van der Waals surface area (Å²) >= 11 is 0. The number of benzene rings is 1. The van der Waals surface area contributed by atoms with E-state index >= 15 is 0 Å². The van der Waals surface area contributed by atoms with Gasteiger partial charge >= 0.3 is 6.18 Å². The third-order valence-electron chi connectivity index (χ3n) is 5.31. The van der Waals surface area contributed by atoms with Crippen molar-refractivity contribution in [1.82, 2.24) is 14.8 Å². The number of carbonyl (C=O) groups excluding carboxylic acids is 1. The number of aromatic nitrogens is 3. The quantitative estimate of drug-likeness (QED) is 0.587. The van der Waals surface area contributed by atoms with Crippen molar-refractivity contribution in [3.8, 4) is 16.9 Å². The summed E-state index contributed by atoms with van der Waals surface area (Å²) in [6.07, 6.45) is -2.96. The molecule has 3 heterocycles. The van der Waals surface area contributed by atoms with Crippen LogP contribution in [0.15, 0.2) is 53.6 Å². The molecular weight excluding hydrogens is 461 g/mol. The van der Waals surface area contributed by atoms with Crippen LogP contribution in [0.4, 0.5) is 13.2 Å². The number of rotatable bonds is 4. The summed E-state index contributed by atoms with van der Waals surface area (Å²) in [7, 11) is -1.43. The van der Waals surface area contributed by atoms with Gasteiger partial charge in [0.25, 0.3) is 11.5 Å². The highest BCUT2D eigenvalue weighted by Gasteiger charge is 2.38. The van der Waals surface area contributed by atoms with Crippen molar-refractivity contribution in [1.29, 1.82) is 0 Å². The van der Waals surface area contributed by atoms with Gasteiger partial charge in [0.2, 0.25) is 0 Å². The maximum Gasteiger partial charge on any atom is 0.416 e. The molecule has 0 radical (unpaired) electrons. The van der Waals surface area contributed by atoms with Crippen LogP contribution >= 0.6 is 0 Å².